The molecule has 2 aliphatic rings. The molecular formula is C65H105KN4O25Si. The van der Waals surface area contributed by atoms with E-state index in [-0.39, 0.29) is 144 Å². The molecule has 2 saturated carbocycles. The van der Waals surface area contributed by atoms with Gasteiger partial charge in [-0.05, 0) is 83.2 Å². The van der Waals surface area contributed by atoms with Gasteiger partial charge in [0.15, 0.2) is 0 Å². The van der Waals surface area contributed by atoms with E-state index in [1.54, 1.807) is 13.8 Å². The molecule has 0 spiro atoms. The van der Waals surface area contributed by atoms with Crippen LogP contribution in [-0.4, -0.2) is 210 Å². The van der Waals surface area contributed by atoms with Gasteiger partial charge in [0, 0.05) is 87.6 Å². The van der Waals surface area contributed by atoms with Crippen LogP contribution in [0.3, 0.4) is 0 Å². The molecule has 96 heavy (non-hydrogen) atoms. The topological polar surface area (TPSA) is 357 Å². The van der Waals surface area contributed by atoms with Crippen molar-refractivity contribution in [3.8, 4) is 0 Å². The second kappa shape index (κ2) is 44.8. The minimum Gasteiger partial charge on any atom is -1.00 e. The van der Waals surface area contributed by atoms with Crippen LogP contribution in [0.5, 0.6) is 0 Å². The summed E-state index contributed by atoms with van der Waals surface area (Å²) >= 11 is 0. The number of carbonyl (C=O) groups excluding carboxylic acids is 10. The molecule has 4 amide bonds. The van der Waals surface area contributed by atoms with Gasteiger partial charge in [0.2, 0.25) is 8.32 Å². The van der Waals surface area contributed by atoms with Crippen LogP contribution in [0.25, 0.3) is 0 Å². The molecule has 4 N–H and O–H groups in total. The van der Waals surface area contributed by atoms with E-state index in [4.69, 9.17) is 70.7 Å². The molecule has 540 valence electrons. The minimum absolute atomic E-state index is 0. The van der Waals surface area contributed by atoms with E-state index in [1.807, 2.05) is 47.7 Å². The Morgan fingerprint density at radius 2 is 0.844 bits per heavy atom. The van der Waals surface area contributed by atoms with Gasteiger partial charge in [-0.3, -0.25) is 0 Å². The average molecular weight is 1410 g/mol. The molecule has 0 aromatic rings. The van der Waals surface area contributed by atoms with Gasteiger partial charge in [0.1, 0.15) is 58.6 Å². The number of rotatable bonds is 45. The van der Waals surface area contributed by atoms with Gasteiger partial charge < -0.3 is 93.4 Å². The molecular weight excluding hydrogens is 1300 g/mol. The summed E-state index contributed by atoms with van der Waals surface area (Å²) in [4.78, 5) is 125. The summed E-state index contributed by atoms with van der Waals surface area (Å²) in [5.41, 5.74) is -4.39. The zero-order valence-corrected chi connectivity index (χ0v) is 61.9. The Bertz CT molecular complexity index is 2570. The van der Waals surface area contributed by atoms with Crippen LogP contribution in [-0.2, 0) is 99.5 Å². The number of esters is 6. The fourth-order valence-electron chi connectivity index (χ4n) is 10.5. The van der Waals surface area contributed by atoms with Crippen LogP contribution in [0.2, 0.25) is 13.1 Å². The summed E-state index contributed by atoms with van der Waals surface area (Å²) in [6, 6.07) is -1.30. The van der Waals surface area contributed by atoms with Crippen molar-refractivity contribution in [1.82, 2.24) is 21.3 Å². The van der Waals surface area contributed by atoms with Gasteiger partial charge in [-0.1, -0.05) is 67.2 Å². The zero-order chi connectivity index (χ0) is 71.3. The van der Waals surface area contributed by atoms with Crippen molar-refractivity contribution in [2.45, 2.75) is 149 Å². The van der Waals surface area contributed by atoms with Crippen molar-refractivity contribution in [3.05, 3.63) is 75.9 Å². The van der Waals surface area contributed by atoms with Crippen LogP contribution in [0, 0.1) is 21.7 Å². The fourth-order valence-corrected chi connectivity index (χ4v) is 11.6. The number of carbonyl (C=O) groups is 10. The van der Waals surface area contributed by atoms with Crippen molar-refractivity contribution in [3.63, 3.8) is 0 Å². The van der Waals surface area contributed by atoms with Crippen LogP contribution >= 0.6 is 0 Å². The Labute approximate surface area is 610 Å². The number of ether oxygens (including phenoxy) is 14. The largest absolute Gasteiger partial charge is 1.00 e. The molecule has 0 aromatic carbocycles. The predicted molar refractivity (Wildman–Crippen MR) is 348 cm³/mol. The number of hydrogen-bond donors (Lipinski definition) is 4. The van der Waals surface area contributed by atoms with Crippen molar-refractivity contribution < 1.29 is 173 Å². The molecule has 2 aliphatic carbocycles. The Hall–Kier alpha value is -6.01. The summed E-state index contributed by atoms with van der Waals surface area (Å²) in [7, 11) is -2.50. The Morgan fingerprint density at radius 1 is 0.479 bits per heavy atom. The molecule has 0 heterocycles. The van der Waals surface area contributed by atoms with Crippen LogP contribution in [0.4, 0.5) is 19.2 Å². The second-order valence-electron chi connectivity index (χ2n) is 26.1. The molecule has 2 rings (SSSR count). The number of amides is 4. The van der Waals surface area contributed by atoms with Crippen molar-refractivity contribution in [2.75, 3.05) is 106 Å². The molecule has 6 atom stereocenters. The maximum atomic E-state index is 13.6. The van der Waals surface area contributed by atoms with Crippen LogP contribution in [0.1, 0.15) is 103 Å². The monoisotopic (exact) mass is 1410 g/mol. The minimum atomic E-state index is -2.50. The van der Waals surface area contributed by atoms with E-state index in [1.165, 1.54) is 0 Å². The van der Waals surface area contributed by atoms with Gasteiger partial charge >= 0.3 is 112 Å². The van der Waals surface area contributed by atoms with Crippen molar-refractivity contribution >= 4 is 68.5 Å². The predicted octanol–water partition coefficient (Wildman–Crippen LogP) is 4.23. The van der Waals surface area contributed by atoms with Crippen molar-refractivity contribution in [1.29, 1.82) is 0 Å². The van der Waals surface area contributed by atoms with E-state index in [2.05, 4.69) is 60.7 Å². The van der Waals surface area contributed by atoms with Gasteiger partial charge in [-0.2, -0.15) is 0 Å². The zero-order valence-electron chi connectivity index (χ0n) is 58.8. The summed E-state index contributed by atoms with van der Waals surface area (Å²) in [6.07, 6.45) is 5.01. The Kier molecular flexibility index (Phi) is 41.1. The molecule has 29 nitrogen and oxygen atoms in total. The van der Waals surface area contributed by atoms with Crippen molar-refractivity contribution in [2.24, 2.45) is 21.7 Å². The third-order valence-electron chi connectivity index (χ3n) is 14.5. The molecule has 0 aliphatic heterocycles. The van der Waals surface area contributed by atoms with E-state index in [0.29, 0.717) is 38.5 Å². The Morgan fingerprint density at radius 3 is 1.27 bits per heavy atom. The van der Waals surface area contributed by atoms with E-state index < -0.39 is 155 Å². The second-order valence-corrected chi connectivity index (χ2v) is 30.2. The first-order valence-electron chi connectivity index (χ1n) is 31.2. The molecule has 6 unspecified atom stereocenters. The Balaban J connectivity index is 0. The maximum Gasteiger partial charge on any atom is 1.00 e. The van der Waals surface area contributed by atoms with Crippen LogP contribution < -0.4 is 72.7 Å². The SMILES string of the molecule is C=CC(=O)OCCCOCC(COC(=O)C=C)(COC(=O)C=C)COC(=O)NC1CC(NC(=O)OC(C)COCO[Si](C)(C)COCC(C)OC(=O)NC2CC(C)(C)CC(C)(NC(=O)OCC(COCCCOC(=O)C=C)(COC(=O)C=C)COC(=O)C=C)C2)CC(C)(C)C1.[H-].[HH].[K+]. The molecule has 0 aromatic heterocycles. The van der Waals surface area contributed by atoms with Gasteiger partial charge in [0.25, 0.3) is 0 Å². The van der Waals surface area contributed by atoms with Gasteiger partial charge in [-0.25, -0.2) is 47.9 Å². The average Bonchev–Trinajstić information content (AvgIpc) is 0.801. The summed E-state index contributed by atoms with van der Waals surface area (Å²) in [5, 5.41) is 11.6. The fraction of sp³-hybridized carbons (Fsp3) is 0.662. The smallest absolute Gasteiger partial charge is 1.00 e. The molecule has 0 radical (unpaired) electrons. The first-order chi connectivity index (χ1) is 44.7. The number of alkyl carbamates (subject to hydrolysis) is 4. The number of nitrogens with one attached hydrogen (secondary N) is 4. The van der Waals surface area contributed by atoms with E-state index in [9.17, 15) is 47.9 Å². The van der Waals surface area contributed by atoms with E-state index >= 15 is 0 Å². The first-order valence-corrected chi connectivity index (χ1v) is 34.3. The molecule has 31 heteroatoms. The van der Waals surface area contributed by atoms with Gasteiger partial charge in [0.05, 0.1) is 56.7 Å². The van der Waals surface area contributed by atoms with Crippen LogP contribution in [0.15, 0.2) is 75.9 Å². The molecule has 0 saturated heterocycles. The van der Waals surface area contributed by atoms with E-state index in [0.717, 1.165) is 36.5 Å². The molecule has 0 bridgehead atoms. The maximum absolute atomic E-state index is 13.6. The number of hydrogen-bond acceptors (Lipinski definition) is 25. The summed E-state index contributed by atoms with van der Waals surface area (Å²) in [6.45, 7) is 34.6. The third kappa shape index (κ3) is 38.2. The molecule has 2 fully saturated rings. The third-order valence-corrected chi connectivity index (χ3v) is 16.3. The summed E-state index contributed by atoms with van der Waals surface area (Å²) in [5.74, 6) is -4.34. The van der Waals surface area contributed by atoms with Gasteiger partial charge in [-0.15, -0.1) is 0 Å². The quantitative estimate of drug-likeness (QED) is 0.0165. The normalized spacial score (nSPS) is 18.5. The standard InChI is InChI=1S/C65H102N4O25Si.K.H2.H/c1-16-51(70)84-26-22-24-80-36-64(38-86-53(72)18-3,39-87-54(73)19-4)42-90-57(76)66-48-28-49(30-61(9,10)29-48)67-58(77)93-46(7)33-82-44-92-95(14,15)45-83-34-47(8)94-59(78)68-50-31-62(11,12)35-63(13,32-50)69-60(79)91-43-65(40-88-55(74)20-5,41-89-56(75)21-6)37-81-25-23-27-85-52(71)17-2;;;/h16-21,46-50H,1-6,22-45H2,7-15H3,(H,66,76)(H,67,77)(H,68,78)(H,69,79);;1H;/q;+1;;-1. The summed E-state index contributed by atoms with van der Waals surface area (Å²) < 4.78 is 83.2. The first kappa shape index (κ1) is 88.0.